The summed E-state index contributed by atoms with van der Waals surface area (Å²) >= 11 is 12.7. The Morgan fingerprint density at radius 1 is 1.00 bits per heavy atom. The second-order valence-corrected chi connectivity index (χ2v) is 15.3. The Labute approximate surface area is 282 Å². The Bertz CT molecular complexity index is 1950. The van der Waals surface area contributed by atoms with Crippen LogP contribution in [0.4, 0.5) is 11.6 Å². The van der Waals surface area contributed by atoms with Gasteiger partial charge in [0.25, 0.3) is 15.9 Å². The van der Waals surface area contributed by atoms with Crippen molar-refractivity contribution in [3.8, 4) is 11.1 Å². The largest absolute Gasteiger partial charge is 0.393 e. The number of sulfonamides is 1. The van der Waals surface area contributed by atoms with Crippen LogP contribution in [0, 0.1) is 5.92 Å². The number of Topliss-reactive ketones (excluding diaryl/α,β-unsaturated/α-hetero) is 1. The van der Waals surface area contributed by atoms with Gasteiger partial charge in [-0.05, 0) is 68.4 Å². The van der Waals surface area contributed by atoms with E-state index in [-0.39, 0.29) is 35.6 Å². The number of aliphatic hydroxyl groups is 1. The third kappa shape index (κ3) is 5.55. The van der Waals surface area contributed by atoms with Crippen LogP contribution in [0.1, 0.15) is 44.6 Å². The number of aromatic nitrogens is 4. The second-order valence-electron chi connectivity index (χ2n) is 12.6. The highest BCUT2D eigenvalue weighted by Crippen LogP contribution is 2.45. The number of rotatable bonds is 8. The zero-order valence-electron chi connectivity index (χ0n) is 25.5. The fraction of sp³-hybridized carbons (Fsp3) is 0.364. The minimum atomic E-state index is -4.30. The first-order chi connectivity index (χ1) is 22.5. The van der Waals surface area contributed by atoms with Crippen molar-refractivity contribution >= 4 is 56.6 Å². The molecule has 244 valence electrons. The van der Waals surface area contributed by atoms with E-state index in [2.05, 4.69) is 15.0 Å². The van der Waals surface area contributed by atoms with Gasteiger partial charge in [0, 0.05) is 46.9 Å². The summed E-state index contributed by atoms with van der Waals surface area (Å²) in [4.78, 5) is 42.1. The number of ketones is 1. The summed E-state index contributed by atoms with van der Waals surface area (Å²) in [6.45, 7) is 1.86. The Kier molecular flexibility index (Phi) is 8.20. The summed E-state index contributed by atoms with van der Waals surface area (Å²) in [7, 11) is -4.30. The van der Waals surface area contributed by atoms with E-state index in [1.165, 1.54) is 26.3 Å². The van der Waals surface area contributed by atoms with Crippen LogP contribution in [0.3, 0.4) is 0 Å². The topological polar surface area (TPSA) is 139 Å². The van der Waals surface area contributed by atoms with Gasteiger partial charge in [-0.25, -0.2) is 28.3 Å². The Hall–Kier alpha value is -3.68. The maximum atomic E-state index is 14.5. The van der Waals surface area contributed by atoms with Gasteiger partial charge in [0.15, 0.2) is 10.8 Å². The zero-order valence-corrected chi connectivity index (χ0v) is 27.8. The molecular formula is C33H32Cl2N6O5S. The molecule has 7 rings (SSSR count). The number of aliphatic hydroxyl groups excluding tert-OH is 1. The van der Waals surface area contributed by atoms with Crippen LogP contribution in [0.5, 0.6) is 0 Å². The van der Waals surface area contributed by atoms with Gasteiger partial charge < -0.3 is 5.11 Å². The van der Waals surface area contributed by atoms with Gasteiger partial charge in [-0.3, -0.25) is 14.2 Å². The summed E-state index contributed by atoms with van der Waals surface area (Å²) < 4.78 is 31.8. The fourth-order valence-electron chi connectivity index (χ4n) is 7.19. The van der Waals surface area contributed by atoms with E-state index in [1.807, 2.05) is 24.3 Å². The van der Waals surface area contributed by atoms with E-state index in [9.17, 15) is 23.1 Å². The van der Waals surface area contributed by atoms with Gasteiger partial charge in [-0.15, -0.1) is 0 Å². The first-order valence-corrected chi connectivity index (χ1v) is 17.6. The molecule has 0 radical (unpaired) electrons. The quantitative estimate of drug-likeness (QED) is 0.267. The average molecular weight is 696 g/mol. The van der Waals surface area contributed by atoms with Crippen LogP contribution in [0.15, 0.2) is 72.4 Å². The van der Waals surface area contributed by atoms with Crippen molar-refractivity contribution in [1.29, 1.82) is 0 Å². The molecule has 0 spiro atoms. The van der Waals surface area contributed by atoms with Crippen molar-refractivity contribution in [2.45, 2.75) is 68.2 Å². The molecule has 4 atom stereocenters. The van der Waals surface area contributed by atoms with Crippen LogP contribution in [-0.4, -0.2) is 67.7 Å². The van der Waals surface area contributed by atoms with Crippen LogP contribution in [0.25, 0.3) is 11.1 Å². The molecule has 2 aromatic heterocycles. The lowest BCUT2D eigenvalue weighted by Gasteiger charge is -2.29. The number of hydrogen-bond acceptors (Lipinski definition) is 8. The summed E-state index contributed by atoms with van der Waals surface area (Å²) in [5.74, 6) is -0.859. The SMILES string of the molecule is C[C@@]1(Cc2ccc(-c3cncnc3)cc2)C(=O)N(c2cc(Cl)cc(Cl)c2)c2ncc(S(=O)(=O)N3CCC[C@H]3C(=O)C3CC[C@H](O)C3)n21. The molecule has 4 heterocycles. The van der Waals surface area contributed by atoms with Crippen molar-refractivity contribution < 1.29 is 23.1 Å². The molecule has 1 amide bonds. The number of anilines is 2. The third-order valence-corrected chi connectivity index (χ3v) is 11.8. The fourth-order valence-corrected chi connectivity index (χ4v) is 9.56. The number of amides is 1. The van der Waals surface area contributed by atoms with Crippen molar-refractivity contribution in [2.75, 3.05) is 11.4 Å². The van der Waals surface area contributed by atoms with Crippen molar-refractivity contribution in [1.82, 2.24) is 23.8 Å². The molecule has 2 fully saturated rings. The summed E-state index contributed by atoms with van der Waals surface area (Å²) in [6, 6.07) is 11.4. The molecule has 11 nitrogen and oxygen atoms in total. The number of nitrogens with zero attached hydrogens (tertiary/aromatic N) is 6. The lowest BCUT2D eigenvalue weighted by Crippen LogP contribution is -2.45. The van der Waals surface area contributed by atoms with Crippen LogP contribution in [0.2, 0.25) is 10.0 Å². The van der Waals surface area contributed by atoms with Crippen molar-refractivity contribution in [2.24, 2.45) is 5.92 Å². The molecule has 1 saturated heterocycles. The molecule has 4 aromatic rings. The summed E-state index contributed by atoms with van der Waals surface area (Å²) in [6.07, 6.45) is 8.02. The second kappa shape index (κ2) is 12.1. The van der Waals surface area contributed by atoms with E-state index in [0.29, 0.717) is 47.8 Å². The highest BCUT2D eigenvalue weighted by molar-refractivity contribution is 7.89. The normalized spacial score (nSPS) is 24.6. The smallest absolute Gasteiger partial charge is 0.261 e. The Morgan fingerprint density at radius 2 is 1.70 bits per heavy atom. The highest BCUT2D eigenvalue weighted by atomic mass is 35.5. The molecule has 1 aliphatic carbocycles. The lowest BCUT2D eigenvalue weighted by atomic mass is 9.91. The number of benzene rings is 2. The molecular weight excluding hydrogens is 663 g/mol. The van der Waals surface area contributed by atoms with Gasteiger partial charge in [0.05, 0.1) is 24.0 Å². The monoisotopic (exact) mass is 694 g/mol. The molecule has 1 saturated carbocycles. The standard InChI is InChI=1S/C33H32Cl2N6O5S/c1-33(15-20-4-6-21(7-5-20)23-16-36-19-37-17-23)31(44)40(26-13-24(34)12-25(35)14-26)32-38-18-29(41(32)33)47(45,46)39-10-2-3-28(39)30(43)22-8-9-27(42)11-22/h4-7,12-14,16-19,22,27-28,42H,2-3,8-11,15H2,1H3/t22?,27-,28-,33+/m0/s1. The highest BCUT2D eigenvalue weighted by Gasteiger charge is 2.53. The number of halogens is 2. The summed E-state index contributed by atoms with van der Waals surface area (Å²) in [5.41, 5.74) is 1.41. The van der Waals surface area contributed by atoms with Crippen LogP contribution >= 0.6 is 23.2 Å². The van der Waals surface area contributed by atoms with E-state index in [4.69, 9.17) is 23.2 Å². The van der Waals surface area contributed by atoms with Gasteiger partial charge in [0.1, 0.15) is 11.9 Å². The molecule has 3 aliphatic rings. The van der Waals surface area contributed by atoms with Crippen LogP contribution in [-0.2, 0) is 31.6 Å². The molecule has 1 N–H and O–H groups in total. The van der Waals surface area contributed by atoms with Gasteiger partial charge >= 0.3 is 0 Å². The zero-order chi connectivity index (χ0) is 33.1. The molecule has 47 heavy (non-hydrogen) atoms. The molecule has 2 aromatic carbocycles. The van der Waals surface area contributed by atoms with E-state index in [0.717, 1.165) is 16.7 Å². The minimum Gasteiger partial charge on any atom is -0.393 e. The predicted octanol–water partition coefficient (Wildman–Crippen LogP) is 5.17. The predicted molar refractivity (Wildman–Crippen MR) is 176 cm³/mol. The number of carbonyl (C=O) groups excluding carboxylic acids is 2. The number of hydrogen-bond donors (Lipinski definition) is 1. The first-order valence-electron chi connectivity index (χ1n) is 15.4. The number of fused-ring (bicyclic) bond motifs is 1. The Morgan fingerprint density at radius 3 is 2.36 bits per heavy atom. The average Bonchev–Trinajstić information content (AvgIpc) is 3.84. The number of carbonyl (C=O) groups is 2. The third-order valence-electron chi connectivity index (χ3n) is 9.48. The van der Waals surface area contributed by atoms with Crippen molar-refractivity contribution in [3.05, 3.63) is 83.0 Å². The first kappa shape index (κ1) is 31.9. The maximum absolute atomic E-state index is 14.5. The van der Waals surface area contributed by atoms with Crippen LogP contribution < -0.4 is 4.90 Å². The van der Waals surface area contributed by atoms with Gasteiger partial charge in [-0.2, -0.15) is 4.31 Å². The van der Waals surface area contributed by atoms with Gasteiger partial charge in [-0.1, -0.05) is 47.5 Å². The maximum Gasteiger partial charge on any atom is 0.261 e. The molecule has 1 unspecified atom stereocenters. The molecule has 0 bridgehead atoms. The molecule has 14 heteroatoms. The number of imidazole rings is 1. The van der Waals surface area contributed by atoms with Gasteiger partial charge in [0.2, 0.25) is 5.95 Å². The minimum absolute atomic E-state index is 0.105. The Balaban J connectivity index is 1.30. The van der Waals surface area contributed by atoms with E-state index < -0.39 is 33.6 Å². The lowest BCUT2D eigenvalue weighted by molar-refractivity contribution is -0.126. The molecule has 2 aliphatic heterocycles. The summed E-state index contributed by atoms with van der Waals surface area (Å²) in [5, 5.41) is 10.5. The van der Waals surface area contributed by atoms with Crippen molar-refractivity contribution in [3.63, 3.8) is 0 Å². The van der Waals surface area contributed by atoms with E-state index in [1.54, 1.807) is 37.5 Å². The van der Waals surface area contributed by atoms with E-state index >= 15 is 0 Å².